The molecule has 0 N–H and O–H groups in total. The number of amides is 1. The number of hydrogen-bond acceptors (Lipinski definition) is 3. The van der Waals surface area contributed by atoms with E-state index in [0.717, 1.165) is 12.0 Å². The molecule has 1 aromatic heterocycles. The van der Waals surface area contributed by atoms with Gasteiger partial charge in [-0.25, -0.2) is 4.68 Å². The first-order valence-electron chi connectivity index (χ1n) is 9.95. The lowest BCUT2D eigenvalue weighted by atomic mass is 10.1. The lowest BCUT2D eigenvalue weighted by molar-refractivity contribution is 0.0769. The lowest BCUT2D eigenvalue weighted by Crippen LogP contribution is -2.36. The van der Waals surface area contributed by atoms with E-state index >= 15 is 0 Å². The van der Waals surface area contributed by atoms with Crippen LogP contribution in [-0.4, -0.2) is 33.7 Å². The third-order valence-corrected chi connectivity index (χ3v) is 4.76. The number of hydrogen-bond donors (Lipinski definition) is 0. The summed E-state index contributed by atoms with van der Waals surface area (Å²) in [7, 11) is 0. The van der Waals surface area contributed by atoms with Crippen molar-refractivity contribution in [2.24, 2.45) is 5.92 Å². The zero-order valence-electron chi connectivity index (χ0n) is 17.0. The van der Waals surface area contributed by atoms with Crippen molar-refractivity contribution in [1.82, 2.24) is 14.7 Å². The van der Waals surface area contributed by atoms with Gasteiger partial charge in [-0.05, 0) is 24.0 Å². The van der Waals surface area contributed by atoms with E-state index in [4.69, 9.17) is 0 Å². The number of rotatable bonds is 8. The van der Waals surface area contributed by atoms with Crippen molar-refractivity contribution in [1.29, 1.82) is 0 Å². The van der Waals surface area contributed by atoms with Crippen molar-refractivity contribution >= 4 is 16.7 Å². The van der Waals surface area contributed by atoms with Gasteiger partial charge in [-0.2, -0.15) is 5.10 Å². The summed E-state index contributed by atoms with van der Waals surface area (Å²) in [6.07, 6.45) is 2.46. The summed E-state index contributed by atoms with van der Waals surface area (Å²) in [6.45, 7) is 9.28. The van der Waals surface area contributed by atoms with Crippen LogP contribution in [0.5, 0.6) is 0 Å². The highest BCUT2D eigenvalue weighted by molar-refractivity contribution is 6.04. The maximum Gasteiger partial charge on any atom is 0.275 e. The first kappa shape index (κ1) is 20.5. The van der Waals surface area contributed by atoms with Crippen LogP contribution in [0.4, 0.5) is 0 Å². The van der Waals surface area contributed by atoms with Gasteiger partial charge < -0.3 is 4.90 Å². The summed E-state index contributed by atoms with van der Waals surface area (Å²) in [4.78, 5) is 28.0. The van der Waals surface area contributed by atoms with Gasteiger partial charge in [0, 0.05) is 25.0 Å². The summed E-state index contributed by atoms with van der Waals surface area (Å²) in [6, 6.07) is 17.3. The molecule has 3 rings (SSSR count). The number of nitrogens with zero attached hydrogens (tertiary/aromatic N) is 3. The molecule has 29 heavy (non-hydrogen) atoms. The van der Waals surface area contributed by atoms with Gasteiger partial charge in [0.15, 0.2) is 5.69 Å². The predicted octanol–water partition coefficient (Wildman–Crippen LogP) is 3.92. The Morgan fingerprint density at radius 3 is 2.41 bits per heavy atom. The lowest BCUT2D eigenvalue weighted by Gasteiger charge is -2.22. The molecule has 0 atom stereocenters. The first-order chi connectivity index (χ1) is 14.0. The molecular formula is C24H27N3O2. The van der Waals surface area contributed by atoms with Crippen molar-refractivity contribution in [2.75, 3.05) is 13.1 Å². The molecule has 0 spiro atoms. The average molecular weight is 389 g/mol. The molecule has 0 saturated heterocycles. The van der Waals surface area contributed by atoms with Crippen LogP contribution in [0.2, 0.25) is 0 Å². The smallest absolute Gasteiger partial charge is 0.275 e. The van der Waals surface area contributed by atoms with Crippen molar-refractivity contribution in [2.45, 2.75) is 26.8 Å². The first-order valence-corrected chi connectivity index (χ1v) is 9.95. The fourth-order valence-corrected chi connectivity index (χ4v) is 3.35. The van der Waals surface area contributed by atoms with E-state index in [1.165, 1.54) is 4.68 Å². The third-order valence-electron chi connectivity index (χ3n) is 4.76. The van der Waals surface area contributed by atoms with Crippen LogP contribution in [-0.2, 0) is 13.0 Å². The van der Waals surface area contributed by atoms with Gasteiger partial charge in [0.2, 0.25) is 0 Å². The van der Waals surface area contributed by atoms with Gasteiger partial charge in [-0.1, -0.05) is 68.5 Å². The predicted molar refractivity (Wildman–Crippen MR) is 117 cm³/mol. The van der Waals surface area contributed by atoms with Crippen LogP contribution in [0, 0.1) is 5.92 Å². The zero-order chi connectivity index (χ0) is 20.8. The molecule has 150 valence electrons. The van der Waals surface area contributed by atoms with E-state index in [9.17, 15) is 9.59 Å². The van der Waals surface area contributed by atoms with Crippen LogP contribution >= 0.6 is 0 Å². The summed E-state index contributed by atoms with van der Waals surface area (Å²) < 4.78 is 1.42. The van der Waals surface area contributed by atoms with Gasteiger partial charge in [0.25, 0.3) is 11.5 Å². The zero-order valence-corrected chi connectivity index (χ0v) is 17.0. The highest BCUT2D eigenvalue weighted by atomic mass is 16.2. The van der Waals surface area contributed by atoms with Crippen LogP contribution in [0.25, 0.3) is 10.8 Å². The standard InChI is InChI=1S/C24H27N3O2/c1-4-15-26(16-14-19-10-6-5-7-11-19)24(29)22-20-12-8-9-13-21(20)23(28)27(25-22)17-18(2)3/h4-13,18H,1,14-17H2,2-3H3. The third kappa shape index (κ3) is 4.80. The number of fused-ring (bicyclic) bond motifs is 1. The Labute approximate surface area is 171 Å². The fraction of sp³-hybridized carbons (Fsp3) is 0.292. The molecule has 0 aliphatic heterocycles. The molecule has 0 aliphatic carbocycles. The molecule has 2 aromatic carbocycles. The molecule has 0 radical (unpaired) electrons. The molecule has 0 unspecified atom stereocenters. The monoisotopic (exact) mass is 389 g/mol. The highest BCUT2D eigenvalue weighted by Gasteiger charge is 2.21. The van der Waals surface area contributed by atoms with E-state index in [0.29, 0.717) is 36.1 Å². The summed E-state index contributed by atoms with van der Waals surface area (Å²) in [5.41, 5.74) is 1.32. The molecule has 1 heterocycles. The average Bonchev–Trinajstić information content (AvgIpc) is 2.73. The minimum atomic E-state index is -0.186. The van der Waals surface area contributed by atoms with E-state index in [1.807, 2.05) is 56.3 Å². The molecule has 5 nitrogen and oxygen atoms in total. The second-order valence-electron chi connectivity index (χ2n) is 7.55. The Hall–Kier alpha value is -3.21. The van der Waals surface area contributed by atoms with E-state index in [-0.39, 0.29) is 17.4 Å². The Bertz CT molecular complexity index is 1050. The summed E-state index contributed by atoms with van der Waals surface area (Å²) in [5.74, 6) is 0.0567. The SMILES string of the molecule is C=CCN(CCc1ccccc1)C(=O)c1nn(CC(C)C)c(=O)c2ccccc12. The maximum atomic E-state index is 13.4. The van der Waals surface area contributed by atoms with Crippen LogP contribution in [0.15, 0.2) is 72.0 Å². The molecule has 0 aliphatic rings. The topological polar surface area (TPSA) is 55.2 Å². The second-order valence-corrected chi connectivity index (χ2v) is 7.55. The van der Waals surface area contributed by atoms with Crippen molar-refractivity contribution in [3.63, 3.8) is 0 Å². The summed E-state index contributed by atoms with van der Waals surface area (Å²) in [5, 5.41) is 5.59. The van der Waals surface area contributed by atoms with Gasteiger partial charge >= 0.3 is 0 Å². The number of carbonyl (C=O) groups excluding carboxylic acids is 1. The molecule has 0 bridgehead atoms. The molecule has 0 fully saturated rings. The molecule has 5 heteroatoms. The van der Waals surface area contributed by atoms with Crippen molar-refractivity contribution < 1.29 is 4.79 Å². The Morgan fingerprint density at radius 1 is 1.10 bits per heavy atom. The van der Waals surface area contributed by atoms with Crippen LogP contribution in [0.1, 0.15) is 29.9 Å². The van der Waals surface area contributed by atoms with E-state index in [1.54, 1.807) is 23.1 Å². The Morgan fingerprint density at radius 2 is 1.76 bits per heavy atom. The fourth-order valence-electron chi connectivity index (χ4n) is 3.35. The number of aromatic nitrogens is 2. The minimum absolute atomic E-state index is 0.162. The molecule has 3 aromatic rings. The van der Waals surface area contributed by atoms with Gasteiger partial charge in [-0.3, -0.25) is 9.59 Å². The van der Waals surface area contributed by atoms with Crippen LogP contribution in [0.3, 0.4) is 0 Å². The van der Waals surface area contributed by atoms with Crippen molar-refractivity contribution in [3.05, 3.63) is 88.9 Å². The maximum absolute atomic E-state index is 13.4. The number of benzene rings is 2. The second kappa shape index (κ2) is 9.32. The highest BCUT2D eigenvalue weighted by Crippen LogP contribution is 2.16. The molecule has 1 amide bonds. The Kier molecular flexibility index (Phi) is 6.60. The van der Waals surface area contributed by atoms with E-state index in [2.05, 4.69) is 11.7 Å². The largest absolute Gasteiger partial charge is 0.333 e. The Balaban J connectivity index is 1.99. The molecular weight excluding hydrogens is 362 g/mol. The van der Waals surface area contributed by atoms with Crippen molar-refractivity contribution in [3.8, 4) is 0 Å². The quantitative estimate of drug-likeness (QED) is 0.549. The van der Waals surface area contributed by atoms with Gasteiger partial charge in [-0.15, -0.1) is 6.58 Å². The molecule has 0 saturated carbocycles. The summed E-state index contributed by atoms with van der Waals surface area (Å²) >= 11 is 0. The minimum Gasteiger partial charge on any atom is -0.333 e. The van der Waals surface area contributed by atoms with E-state index < -0.39 is 0 Å². The van der Waals surface area contributed by atoms with Crippen LogP contribution < -0.4 is 5.56 Å². The number of carbonyl (C=O) groups is 1. The van der Waals surface area contributed by atoms with Gasteiger partial charge in [0.1, 0.15) is 0 Å². The van der Waals surface area contributed by atoms with Gasteiger partial charge in [0.05, 0.1) is 5.39 Å². The normalized spacial score (nSPS) is 11.0.